The van der Waals surface area contributed by atoms with Gasteiger partial charge in [0.25, 0.3) is 0 Å². The number of amides is 1. The summed E-state index contributed by atoms with van der Waals surface area (Å²) in [7, 11) is 0. The minimum atomic E-state index is -1.02. The van der Waals surface area contributed by atoms with E-state index in [1.165, 1.54) is 6.07 Å². The molecule has 1 aromatic rings. The maximum absolute atomic E-state index is 14.4. The van der Waals surface area contributed by atoms with Crippen LogP contribution in [0.25, 0.3) is 0 Å². The van der Waals surface area contributed by atoms with Crippen molar-refractivity contribution in [3.05, 3.63) is 34.6 Å². The van der Waals surface area contributed by atoms with Gasteiger partial charge in [0.2, 0.25) is 5.91 Å². The van der Waals surface area contributed by atoms with E-state index in [1.54, 1.807) is 19.1 Å². The van der Waals surface area contributed by atoms with Gasteiger partial charge in [-0.25, -0.2) is 4.39 Å². The number of carbonyl (C=O) groups excluding carboxylic acids is 1. The van der Waals surface area contributed by atoms with Crippen LogP contribution in [-0.4, -0.2) is 34.8 Å². The van der Waals surface area contributed by atoms with Gasteiger partial charge in [-0.1, -0.05) is 17.7 Å². The molecule has 1 aliphatic carbocycles. The summed E-state index contributed by atoms with van der Waals surface area (Å²) in [6.07, 6.45) is 2.53. The summed E-state index contributed by atoms with van der Waals surface area (Å²) >= 11 is 18.4. The number of halogens is 4. The Morgan fingerprint density at radius 3 is 2.54 bits per heavy atom. The van der Waals surface area contributed by atoms with E-state index in [0.29, 0.717) is 17.0 Å². The Hall–Kier alpha value is -0.550. The van der Waals surface area contributed by atoms with Crippen LogP contribution in [0.5, 0.6) is 0 Å². The number of nitrogens with zero attached hydrogens (tertiary/aromatic N) is 1. The fourth-order valence-corrected chi connectivity index (χ4v) is 4.32. The van der Waals surface area contributed by atoms with E-state index >= 15 is 0 Å². The zero-order valence-electron chi connectivity index (χ0n) is 13.4. The molecule has 1 saturated heterocycles. The van der Waals surface area contributed by atoms with Crippen LogP contribution in [0.15, 0.2) is 18.2 Å². The van der Waals surface area contributed by atoms with Crippen molar-refractivity contribution in [2.24, 2.45) is 5.41 Å². The molecule has 0 spiro atoms. The van der Waals surface area contributed by atoms with Gasteiger partial charge in [0.15, 0.2) is 0 Å². The lowest BCUT2D eigenvalue weighted by atomic mass is 10.0. The standard InChI is InChI=1S/C17H20Cl3FN2O/c1-16(10-17(16,19)20)15(24)22-9-13(23-7-2-3-8-23)14-11(18)5-4-6-12(14)21/h4-6,13H,2-3,7-10H2,1H3,(H,22,24). The van der Waals surface area contributed by atoms with Crippen LogP contribution in [0, 0.1) is 11.2 Å². The minimum absolute atomic E-state index is 0.204. The molecule has 1 aliphatic heterocycles. The van der Waals surface area contributed by atoms with Crippen LogP contribution in [0.2, 0.25) is 5.02 Å². The van der Waals surface area contributed by atoms with Crippen LogP contribution in [0.4, 0.5) is 4.39 Å². The maximum Gasteiger partial charge on any atom is 0.229 e. The van der Waals surface area contributed by atoms with E-state index in [4.69, 9.17) is 34.8 Å². The Labute approximate surface area is 156 Å². The average molecular weight is 394 g/mol. The Kier molecular flexibility index (Phi) is 5.05. The molecule has 3 rings (SSSR count). The molecular weight excluding hydrogens is 374 g/mol. The average Bonchev–Trinajstić information content (AvgIpc) is 2.90. The van der Waals surface area contributed by atoms with E-state index in [0.717, 1.165) is 25.9 Å². The Balaban J connectivity index is 1.78. The van der Waals surface area contributed by atoms with Crippen LogP contribution >= 0.6 is 34.8 Å². The van der Waals surface area contributed by atoms with Gasteiger partial charge in [-0.05, 0) is 51.4 Å². The third-order valence-corrected chi connectivity index (χ3v) is 6.56. The highest BCUT2D eigenvalue weighted by atomic mass is 35.5. The van der Waals surface area contributed by atoms with Crippen molar-refractivity contribution in [3.8, 4) is 0 Å². The topological polar surface area (TPSA) is 32.3 Å². The lowest BCUT2D eigenvalue weighted by Gasteiger charge is -2.29. The molecule has 1 amide bonds. The fraction of sp³-hybridized carbons (Fsp3) is 0.588. The smallest absolute Gasteiger partial charge is 0.229 e. The first-order valence-corrected chi connectivity index (χ1v) is 9.24. The van der Waals surface area contributed by atoms with Crippen molar-refractivity contribution >= 4 is 40.7 Å². The zero-order valence-corrected chi connectivity index (χ0v) is 15.7. The highest BCUT2D eigenvalue weighted by Gasteiger charge is 2.67. The lowest BCUT2D eigenvalue weighted by molar-refractivity contribution is -0.126. The number of benzene rings is 1. The molecule has 3 nitrogen and oxygen atoms in total. The second-order valence-electron chi connectivity index (χ2n) is 6.82. The van der Waals surface area contributed by atoms with Crippen molar-refractivity contribution in [3.63, 3.8) is 0 Å². The molecule has 1 heterocycles. The molecular formula is C17H20Cl3FN2O. The van der Waals surface area contributed by atoms with Crippen LogP contribution < -0.4 is 5.32 Å². The minimum Gasteiger partial charge on any atom is -0.354 e. The Morgan fingerprint density at radius 1 is 1.38 bits per heavy atom. The SMILES string of the molecule is CC1(C(=O)NCC(c2c(F)cccc2Cl)N2CCCC2)CC1(Cl)Cl. The zero-order chi connectivity index (χ0) is 17.5. The summed E-state index contributed by atoms with van der Waals surface area (Å²) in [4.78, 5) is 14.6. The third-order valence-electron chi connectivity index (χ3n) is 5.13. The first kappa shape index (κ1) is 18.2. The van der Waals surface area contributed by atoms with E-state index in [2.05, 4.69) is 10.2 Å². The van der Waals surface area contributed by atoms with Crippen molar-refractivity contribution in [2.75, 3.05) is 19.6 Å². The highest BCUT2D eigenvalue weighted by molar-refractivity contribution is 6.53. The van der Waals surface area contributed by atoms with Gasteiger partial charge < -0.3 is 5.32 Å². The van der Waals surface area contributed by atoms with E-state index in [-0.39, 0.29) is 24.3 Å². The summed E-state index contributed by atoms with van der Waals surface area (Å²) in [5.74, 6) is -0.556. The van der Waals surface area contributed by atoms with Crippen molar-refractivity contribution in [2.45, 2.75) is 36.6 Å². The van der Waals surface area contributed by atoms with Gasteiger partial charge in [0, 0.05) is 17.1 Å². The first-order valence-electron chi connectivity index (χ1n) is 8.10. The molecule has 2 fully saturated rings. The van der Waals surface area contributed by atoms with Gasteiger partial charge in [-0.2, -0.15) is 0 Å². The molecule has 0 radical (unpaired) electrons. The van der Waals surface area contributed by atoms with Crippen LogP contribution in [-0.2, 0) is 4.79 Å². The molecule has 1 N–H and O–H groups in total. The number of alkyl halides is 2. The van der Waals surface area contributed by atoms with Crippen LogP contribution in [0.3, 0.4) is 0 Å². The molecule has 1 saturated carbocycles. The molecule has 2 atom stereocenters. The monoisotopic (exact) mass is 392 g/mol. The van der Waals surface area contributed by atoms with Gasteiger partial charge >= 0.3 is 0 Å². The van der Waals surface area contributed by atoms with Crippen molar-refractivity contribution in [1.29, 1.82) is 0 Å². The summed E-state index contributed by atoms with van der Waals surface area (Å²) in [6, 6.07) is 4.36. The van der Waals surface area contributed by atoms with Gasteiger partial charge in [0.05, 0.1) is 11.5 Å². The van der Waals surface area contributed by atoms with Crippen molar-refractivity contribution in [1.82, 2.24) is 10.2 Å². The van der Waals surface area contributed by atoms with Crippen LogP contribution in [0.1, 0.15) is 37.8 Å². The molecule has 2 aliphatic rings. The van der Waals surface area contributed by atoms with E-state index < -0.39 is 9.75 Å². The number of carbonyl (C=O) groups is 1. The fourth-order valence-electron chi connectivity index (χ4n) is 3.33. The predicted molar refractivity (Wildman–Crippen MR) is 95.1 cm³/mol. The maximum atomic E-state index is 14.4. The Morgan fingerprint density at radius 2 is 2.00 bits per heavy atom. The number of likely N-dealkylation sites (tertiary alicyclic amines) is 1. The number of hydrogen-bond donors (Lipinski definition) is 1. The van der Waals surface area contributed by atoms with E-state index in [9.17, 15) is 9.18 Å². The molecule has 7 heteroatoms. The predicted octanol–water partition coefficient (Wildman–Crippen LogP) is 4.32. The molecule has 0 aromatic heterocycles. The largest absolute Gasteiger partial charge is 0.354 e. The molecule has 132 valence electrons. The quantitative estimate of drug-likeness (QED) is 0.756. The second-order valence-corrected chi connectivity index (χ2v) is 8.71. The molecule has 0 bridgehead atoms. The first-order chi connectivity index (χ1) is 11.3. The molecule has 24 heavy (non-hydrogen) atoms. The van der Waals surface area contributed by atoms with Gasteiger partial charge in [0.1, 0.15) is 10.2 Å². The lowest BCUT2D eigenvalue weighted by Crippen LogP contribution is -2.40. The van der Waals surface area contributed by atoms with Gasteiger partial charge in [-0.3, -0.25) is 9.69 Å². The highest BCUT2D eigenvalue weighted by Crippen LogP contribution is 2.63. The summed E-state index contributed by atoms with van der Waals surface area (Å²) in [5, 5.41) is 3.27. The number of rotatable bonds is 5. The number of nitrogens with one attached hydrogen (secondary N) is 1. The van der Waals surface area contributed by atoms with Gasteiger partial charge in [-0.15, -0.1) is 23.2 Å². The molecule has 2 unspecified atom stereocenters. The Bertz CT molecular complexity index is 628. The van der Waals surface area contributed by atoms with Crippen molar-refractivity contribution < 1.29 is 9.18 Å². The number of hydrogen-bond acceptors (Lipinski definition) is 2. The summed E-state index contributed by atoms with van der Waals surface area (Å²) in [6.45, 7) is 3.73. The summed E-state index contributed by atoms with van der Waals surface area (Å²) in [5.41, 5.74) is -0.352. The second kappa shape index (κ2) is 6.64. The summed E-state index contributed by atoms with van der Waals surface area (Å²) < 4.78 is 13.4. The normalized spacial score (nSPS) is 27.0. The molecule has 1 aromatic carbocycles. The third kappa shape index (κ3) is 3.26. The van der Waals surface area contributed by atoms with E-state index in [1.807, 2.05) is 0 Å².